The van der Waals surface area contributed by atoms with Crippen LogP contribution in [0, 0.1) is 15.9 Å². The average Bonchev–Trinajstić information content (AvgIpc) is 2.70. The highest BCUT2D eigenvalue weighted by atomic mass is 35.5. The Labute approximate surface area is 169 Å². The smallest absolute Gasteiger partial charge is 0.411 e. The van der Waals surface area contributed by atoms with Crippen LogP contribution < -0.4 is 10.1 Å². The third kappa shape index (κ3) is 5.66. The minimum atomic E-state index is -0.787. The second-order valence-corrected chi connectivity index (χ2v) is 6.24. The van der Waals surface area contributed by atoms with Gasteiger partial charge in [-0.25, -0.2) is 9.18 Å². The van der Waals surface area contributed by atoms with E-state index in [1.54, 1.807) is 12.1 Å². The van der Waals surface area contributed by atoms with E-state index in [2.05, 4.69) is 5.32 Å². The van der Waals surface area contributed by atoms with Crippen molar-refractivity contribution in [2.75, 3.05) is 5.32 Å². The lowest BCUT2D eigenvalue weighted by Gasteiger charge is -2.10. The molecule has 3 rings (SSSR count). The molecule has 0 atom stereocenters. The Morgan fingerprint density at radius 2 is 1.83 bits per heavy atom. The zero-order chi connectivity index (χ0) is 20.8. The standard InChI is InChI=1S/C20H14ClFN2O5/c21-18-11-16(6-7-19(18)22)29-17-9-14(8-15(10-17)24(26)27)23-20(25)28-12-13-4-2-1-3-5-13/h1-11H,12H2,(H,23,25). The predicted molar refractivity (Wildman–Crippen MR) is 105 cm³/mol. The molecule has 3 aromatic rings. The van der Waals surface area contributed by atoms with Crippen molar-refractivity contribution >= 4 is 29.1 Å². The van der Waals surface area contributed by atoms with Crippen LogP contribution in [0.1, 0.15) is 5.56 Å². The summed E-state index contributed by atoms with van der Waals surface area (Å²) in [7, 11) is 0. The topological polar surface area (TPSA) is 90.7 Å². The van der Waals surface area contributed by atoms with E-state index in [0.717, 1.165) is 23.8 Å². The van der Waals surface area contributed by atoms with E-state index in [-0.39, 0.29) is 34.5 Å². The van der Waals surface area contributed by atoms with Crippen LogP contribution >= 0.6 is 11.6 Å². The molecule has 0 heterocycles. The number of benzene rings is 3. The number of non-ortho nitro benzene ring substituents is 1. The predicted octanol–water partition coefficient (Wildman–Crippen LogP) is 5.93. The van der Waals surface area contributed by atoms with Crippen LogP contribution in [0.25, 0.3) is 0 Å². The monoisotopic (exact) mass is 416 g/mol. The summed E-state index contributed by atoms with van der Waals surface area (Å²) < 4.78 is 23.9. The number of ether oxygens (including phenoxy) is 2. The largest absolute Gasteiger partial charge is 0.457 e. The molecule has 0 unspecified atom stereocenters. The normalized spacial score (nSPS) is 10.3. The van der Waals surface area contributed by atoms with Gasteiger partial charge in [-0.3, -0.25) is 15.4 Å². The Balaban J connectivity index is 1.74. The second-order valence-electron chi connectivity index (χ2n) is 5.84. The SMILES string of the molecule is O=C(Nc1cc(Oc2ccc(F)c(Cl)c2)cc([N+](=O)[O-])c1)OCc1ccccc1. The van der Waals surface area contributed by atoms with Crippen molar-refractivity contribution < 1.29 is 23.6 Å². The van der Waals surface area contributed by atoms with Gasteiger partial charge in [0.15, 0.2) is 0 Å². The first-order chi connectivity index (χ1) is 13.9. The maximum absolute atomic E-state index is 13.3. The van der Waals surface area contributed by atoms with Crippen LogP contribution in [0.2, 0.25) is 5.02 Å². The maximum atomic E-state index is 13.3. The fourth-order valence-electron chi connectivity index (χ4n) is 2.37. The van der Waals surface area contributed by atoms with Gasteiger partial charge in [-0.1, -0.05) is 41.9 Å². The van der Waals surface area contributed by atoms with Crippen molar-refractivity contribution in [1.29, 1.82) is 0 Å². The Morgan fingerprint density at radius 3 is 2.52 bits per heavy atom. The lowest BCUT2D eigenvalue weighted by Crippen LogP contribution is -2.13. The zero-order valence-electron chi connectivity index (χ0n) is 14.8. The molecule has 0 saturated carbocycles. The number of nitro benzene ring substituents is 1. The van der Waals surface area contributed by atoms with Gasteiger partial charge in [0.25, 0.3) is 5.69 Å². The van der Waals surface area contributed by atoms with Crippen LogP contribution in [-0.4, -0.2) is 11.0 Å². The second kappa shape index (κ2) is 9.03. The number of hydrogen-bond donors (Lipinski definition) is 1. The number of hydrogen-bond acceptors (Lipinski definition) is 5. The molecule has 0 radical (unpaired) electrons. The van der Waals surface area contributed by atoms with Gasteiger partial charge in [0, 0.05) is 18.2 Å². The molecule has 148 valence electrons. The van der Waals surface area contributed by atoms with E-state index in [1.165, 1.54) is 18.2 Å². The fourth-order valence-corrected chi connectivity index (χ4v) is 2.54. The molecule has 0 saturated heterocycles. The van der Waals surface area contributed by atoms with Crippen molar-refractivity contribution in [3.8, 4) is 11.5 Å². The van der Waals surface area contributed by atoms with Gasteiger partial charge >= 0.3 is 6.09 Å². The number of nitrogens with zero attached hydrogens (tertiary/aromatic N) is 1. The van der Waals surface area contributed by atoms with Crippen molar-refractivity contribution in [2.24, 2.45) is 0 Å². The van der Waals surface area contributed by atoms with E-state index >= 15 is 0 Å². The minimum Gasteiger partial charge on any atom is -0.457 e. The van der Waals surface area contributed by atoms with Gasteiger partial charge in [0.2, 0.25) is 0 Å². The van der Waals surface area contributed by atoms with Crippen molar-refractivity contribution in [3.63, 3.8) is 0 Å². The van der Waals surface area contributed by atoms with Gasteiger partial charge in [0.05, 0.1) is 21.7 Å². The van der Waals surface area contributed by atoms with Crippen LogP contribution in [0.5, 0.6) is 11.5 Å². The van der Waals surface area contributed by atoms with Gasteiger partial charge in [-0.2, -0.15) is 0 Å². The number of anilines is 1. The Morgan fingerprint density at radius 1 is 1.07 bits per heavy atom. The van der Waals surface area contributed by atoms with Crippen molar-refractivity contribution in [1.82, 2.24) is 0 Å². The molecule has 0 aromatic heterocycles. The number of carbonyl (C=O) groups is 1. The van der Waals surface area contributed by atoms with Gasteiger partial charge < -0.3 is 9.47 Å². The van der Waals surface area contributed by atoms with Crippen LogP contribution in [0.3, 0.4) is 0 Å². The minimum absolute atomic E-state index is 0.0407. The fraction of sp³-hybridized carbons (Fsp3) is 0.0500. The Bertz CT molecular complexity index is 1050. The highest BCUT2D eigenvalue weighted by Crippen LogP contribution is 2.31. The third-order valence-electron chi connectivity index (χ3n) is 3.69. The molecular formula is C20H14ClFN2O5. The van der Waals surface area contributed by atoms with E-state index in [1.807, 2.05) is 18.2 Å². The number of nitrogens with one attached hydrogen (secondary N) is 1. The molecule has 0 aliphatic heterocycles. The number of rotatable bonds is 6. The molecule has 0 aliphatic rings. The molecule has 1 N–H and O–H groups in total. The van der Waals surface area contributed by atoms with Crippen LogP contribution in [0.4, 0.5) is 20.6 Å². The number of nitro groups is 1. The third-order valence-corrected chi connectivity index (χ3v) is 3.98. The molecule has 0 aliphatic carbocycles. The molecule has 1 amide bonds. The molecular weight excluding hydrogens is 403 g/mol. The van der Waals surface area contributed by atoms with Gasteiger partial charge in [-0.15, -0.1) is 0 Å². The maximum Gasteiger partial charge on any atom is 0.411 e. The summed E-state index contributed by atoms with van der Waals surface area (Å²) >= 11 is 5.71. The lowest BCUT2D eigenvalue weighted by atomic mass is 10.2. The zero-order valence-corrected chi connectivity index (χ0v) is 15.6. The Hall–Kier alpha value is -3.65. The van der Waals surface area contributed by atoms with E-state index in [4.69, 9.17) is 21.1 Å². The van der Waals surface area contributed by atoms with Gasteiger partial charge in [-0.05, 0) is 17.7 Å². The van der Waals surface area contributed by atoms with E-state index in [9.17, 15) is 19.3 Å². The molecule has 0 bridgehead atoms. The van der Waals surface area contributed by atoms with Crippen LogP contribution in [-0.2, 0) is 11.3 Å². The first-order valence-corrected chi connectivity index (χ1v) is 8.68. The quantitative estimate of drug-likeness (QED) is 0.397. The lowest BCUT2D eigenvalue weighted by molar-refractivity contribution is -0.384. The Kier molecular flexibility index (Phi) is 6.25. The van der Waals surface area contributed by atoms with Gasteiger partial charge in [0.1, 0.15) is 23.9 Å². The summed E-state index contributed by atoms with van der Waals surface area (Å²) in [6, 6.07) is 16.4. The number of halogens is 2. The molecule has 9 heteroatoms. The summed E-state index contributed by atoms with van der Waals surface area (Å²) in [5.41, 5.74) is 0.577. The number of carbonyl (C=O) groups excluding carboxylic acids is 1. The molecule has 3 aromatic carbocycles. The first-order valence-electron chi connectivity index (χ1n) is 8.31. The van der Waals surface area contributed by atoms with E-state index < -0.39 is 16.8 Å². The summed E-state index contributed by atoms with van der Waals surface area (Å²) in [4.78, 5) is 22.6. The summed E-state index contributed by atoms with van der Waals surface area (Å²) in [6.45, 7) is 0.0407. The molecule has 0 fully saturated rings. The highest BCUT2D eigenvalue weighted by molar-refractivity contribution is 6.30. The van der Waals surface area contributed by atoms with Crippen molar-refractivity contribution in [2.45, 2.75) is 6.61 Å². The first kappa shape index (κ1) is 20.1. The van der Waals surface area contributed by atoms with Crippen molar-refractivity contribution in [3.05, 3.63) is 93.2 Å². The summed E-state index contributed by atoms with van der Waals surface area (Å²) in [5, 5.41) is 13.5. The van der Waals surface area contributed by atoms with Crippen LogP contribution in [0.15, 0.2) is 66.7 Å². The summed E-state index contributed by atoms with van der Waals surface area (Å²) in [5.74, 6) is -0.392. The highest BCUT2D eigenvalue weighted by Gasteiger charge is 2.14. The molecule has 29 heavy (non-hydrogen) atoms. The number of amides is 1. The molecule has 7 nitrogen and oxygen atoms in total. The summed E-state index contributed by atoms with van der Waals surface area (Å²) in [6.07, 6.45) is -0.787. The van der Waals surface area contributed by atoms with E-state index in [0.29, 0.717) is 0 Å². The molecule has 0 spiro atoms. The average molecular weight is 417 g/mol.